The molecule has 0 saturated carbocycles. The summed E-state index contributed by atoms with van der Waals surface area (Å²) < 4.78 is 0. The molecule has 0 spiro atoms. The number of carbonyl (C=O) groups is 1. The second kappa shape index (κ2) is 5.82. The summed E-state index contributed by atoms with van der Waals surface area (Å²) in [6.07, 6.45) is 0.880. The van der Waals surface area contributed by atoms with Crippen molar-refractivity contribution in [3.8, 4) is 0 Å². The van der Waals surface area contributed by atoms with Crippen molar-refractivity contribution in [1.82, 2.24) is 4.90 Å². The van der Waals surface area contributed by atoms with Gasteiger partial charge < -0.3 is 5.11 Å². The van der Waals surface area contributed by atoms with Crippen LogP contribution in [0, 0.1) is 0 Å². The Morgan fingerprint density at radius 2 is 1.82 bits per heavy atom. The van der Waals surface area contributed by atoms with Gasteiger partial charge in [0, 0.05) is 12.1 Å². The Labute approximate surface area is 103 Å². The summed E-state index contributed by atoms with van der Waals surface area (Å²) in [7, 11) is 0. The molecule has 94 valence electrons. The first kappa shape index (κ1) is 13.7. The van der Waals surface area contributed by atoms with E-state index in [1.54, 1.807) is 0 Å². The molecule has 1 aromatic rings. The van der Waals surface area contributed by atoms with Crippen LogP contribution in [0.3, 0.4) is 0 Å². The van der Waals surface area contributed by atoms with E-state index in [9.17, 15) is 4.79 Å². The molecule has 1 aromatic carbocycles. The van der Waals surface area contributed by atoms with Crippen LogP contribution in [0.2, 0.25) is 0 Å². The number of aliphatic carboxylic acids is 1. The van der Waals surface area contributed by atoms with Gasteiger partial charge in [0.05, 0.1) is 6.54 Å². The summed E-state index contributed by atoms with van der Waals surface area (Å²) in [5.41, 5.74) is 1.12. The smallest absolute Gasteiger partial charge is 0.317 e. The zero-order chi connectivity index (χ0) is 12.9. The first-order valence-electron chi connectivity index (χ1n) is 5.90. The molecule has 0 radical (unpaired) electrons. The van der Waals surface area contributed by atoms with E-state index in [0.29, 0.717) is 0 Å². The van der Waals surface area contributed by atoms with Gasteiger partial charge in [-0.3, -0.25) is 9.69 Å². The maximum atomic E-state index is 10.8. The Kier molecular flexibility index (Phi) is 4.70. The fourth-order valence-corrected chi connectivity index (χ4v) is 1.72. The van der Waals surface area contributed by atoms with E-state index in [1.165, 1.54) is 5.56 Å². The lowest BCUT2D eigenvalue weighted by atomic mass is 10.0. The van der Waals surface area contributed by atoms with E-state index < -0.39 is 5.97 Å². The Morgan fingerprint density at radius 3 is 2.29 bits per heavy atom. The van der Waals surface area contributed by atoms with Gasteiger partial charge >= 0.3 is 5.97 Å². The second-order valence-corrected chi connectivity index (χ2v) is 5.22. The fourth-order valence-electron chi connectivity index (χ4n) is 1.72. The van der Waals surface area contributed by atoms with Crippen molar-refractivity contribution < 1.29 is 9.90 Å². The van der Waals surface area contributed by atoms with Crippen LogP contribution in [-0.4, -0.2) is 34.6 Å². The monoisotopic (exact) mass is 235 g/mol. The average Bonchev–Trinajstić information content (AvgIpc) is 2.23. The van der Waals surface area contributed by atoms with Crippen LogP contribution in [0.1, 0.15) is 26.3 Å². The molecule has 3 nitrogen and oxygen atoms in total. The standard InChI is InChI=1S/C14H21NO2/c1-14(2,3)15(11-13(16)17)10-9-12-7-5-4-6-8-12/h4-8H,9-11H2,1-3H3,(H,16,17). The molecule has 3 heteroatoms. The highest BCUT2D eigenvalue weighted by molar-refractivity contribution is 5.69. The molecular formula is C14H21NO2. The van der Waals surface area contributed by atoms with E-state index in [4.69, 9.17) is 5.11 Å². The third kappa shape index (κ3) is 5.00. The lowest BCUT2D eigenvalue weighted by molar-refractivity contribution is -0.139. The topological polar surface area (TPSA) is 40.5 Å². The predicted octanol–water partition coefficient (Wildman–Crippen LogP) is 2.41. The number of hydrogen-bond donors (Lipinski definition) is 1. The van der Waals surface area contributed by atoms with E-state index >= 15 is 0 Å². The average molecular weight is 235 g/mol. The molecule has 1 rings (SSSR count). The van der Waals surface area contributed by atoms with E-state index in [1.807, 2.05) is 43.9 Å². The number of benzene rings is 1. The minimum atomic E-state index is -0.770. The Hall–Kier alpha value is -1.35. The van der Waals surface area contributed by atoms with Crippen molar-refractivity contribution in [2.24, 2.45) is 0 Å². The lowest BCUT2D eigenvalue weighted by Gasteiger charge is -2.34. The lowest BCUT2D eigenvalue weighted by Crippen LogP contribution is -2.45. The number of nitrogens with zero attached hydrogens (tertiary/aromatic N) is 1. The molecule has 0 atom stereocenters. The highest BCUT2D eigenvalue weighted by Gasteiger charge is 2.22. The highest BCUT2D eigenvalue weighted by atomic mass is 16.4. The summed E-state index contributed by atoms with van der Waals surface area (Å²) in [6.45, 7) is 6.99. The van der Waals surface area contributed by atoms with E-state index in [0.717, 1.165) is 13.0 Å². The van der Waals surface area contributed by atoms with Crippen LogP contribution in [0.15, 0.2) is 30.3 Å². The molecule has 0 aliphatic carbocycles. The molecule has 0 heterocycles. The number of carboxylic acids is 1. The quantitative estimate of drug-likeness (QED) is 0.852. The van der Waals surface area contributed by atoms with Crippen molar-refractivity contribution >= 4 is 5.97 Å². The maximum Gasteiger partial charge on any atom is 0.317 e. The van der Waals surface area contributed by atoms with Crippen LogP contribution >= 0.6 is 0 Å². The van der Waals surface area contributed by atoms with Gasteiger partial charge in [-0.1, -0.05) is 30.3 Å². The van der Waals surface area contributed by atoms with Gasteiger partial charge in [-0.25, -0.2) is 0 Å². The fraction of sp³-hybridized carbons (Fsp3) is 0.500. The molecule has 0 amide bonds. The van der Waals surface area contributed by atoms with Crippen LogP contribution < -0.4 is 0 Å². The number of hydrogen-bond acceptors (Lipinski definition) is 2. The first-order chi connectivity index (χ1) is 7.89. The largest absolute Gasteiger partial charge is 0.480 e. The summed E-state index contributed by atoms with van der Waals surface area (Å²) in [4.78, 5) is 12.8. The summed E-state index contributed by atoms with van der Waals surface area (Å²) in [5.74, 6) is -0.770. The minimum Gasteiger partial charge on any atom is -0.480 e. The summed E-state index contributed by atoms with van der Waals surface area (Å²) in [6, 6.07) is 10.1. The van der Waals surface area contributed by atoms with Crippen LogP contribution in [0.5, 0.6) is 0 Å². The van der Waals surface area contributed by atoms with Crippen LogP contribution in [0.25, 0.3) is 0 Å². The molecule has 0 fully saturated rings. The van der Waals surface area contributed by atoms with Gasteiger partial charge in [0.25, 0.3) is 0 Å². The molecule has 1 N–H and O–H groups in total. The van der Waals surface area contributed by atoms with Crippen molar-refractivity contribution in [2.75, 3.05) is 13.1 Å². The third-order valence-electron chi connectivity index (χ3n) is 2.79. The van der Waals surface area contributed by atoms with Gasteiger partial charge in [0.2, 0.25) is 0 Å². The van der Waals surface area contributed by atoms with Crippen molar-refractivity contribution in [3.63, 3.8) is 0 Å². The summed E-state index contributed by atoms with van der Waals surface area (Å²) in [5, 5.41) is 8.90. The van der Waals surface area contributed by atoms with Gasteiger partial charge in [-0.15, -0.1) is 0 Å². The van der Waals surface area contributed by atoms with Crippen LogP contribution in [-0.2, 0) is 11.2 Å². The number of carboxylic acid groups (broad SMARTS) is 1. The Morgan fingerprint density at radius 1 is 1.24 bits per heavy atom. The normalized spacial score (nSPS) is 11.8. The van der Waals surface area contributed by atoms with E-state index in [-0.39, 0.29) is 12.1 Å². The van der Waals surface area contributed by atoms with E-state index in [2.05, 4.69) is 12.1 Å². The Balaban J connectivity index is 2.59. The molecule has 0 unspecified atom stereocenters. The second-order valence-electron chi connectivity index (χ2n) is 5.22. The summed E-state index contributed by atoms with van der Waals surface area (Å²) >= 11 is 0. The van der Waals surface area contributed by atoms with Crippen molar-refractivity contribution in [3.05, 3.63) is 35.9 Å². The minimum absolute atomic E-state index is 0.0936. The van der Waals surface area contributed by atoms with Crippen molar-refractivity contribution in [1.29, 1.82) is 0 Å². The molecule has 0 bridgehead atoms. The zero-order valence-electron chi connectivity index (χ0n) is 10.8. The van der Waals surface area contributed by atoms with Crippen molar-refractivity contribution in [2.45, 2.75) is 32.7 Å². The zero-order valence-corrected chi connectivity index (χ0v) is 10.8. The SMILES string of the molecule is CC(C)(C)N(CCc1ccccc1)CC(=O)O. The third-order valence-corrected chi connectivity index (χ3v) is 2.79. The molecule has 17 heavy (non-hydrogen) atoms. The molecule has 0 aliphatic heterocycles. The molecular weight excluding hydrogens is 214 g/mol. The van der Waals surface area contributed by atoms with Gasteiger partial charge in [0.1, 0.15) is 0 Å². The molecule has 0 aliphatic rings. The van der Waals surface area contributed by atoms with Gasteiger partial charge in [-0.05, 0) is 32.8 Å². The van der Waals surface area contributed by atoms with Gasteiger partial charge in [-0.2, -0.15) is 0 Å². The first-order valence-corrected chi connectivity index (χ1v) is 5.90. The number of rotatable bonds is 5. The highest BCUT2D eigenvalue weighted by Crippen LogP contribution is 2.13. The van der Waals surface area contributed by atoms with Crippen LogP contribution in [0.4, 0.5) is 0 Å². The molecule has 0 saturated heterocycles. The molecule has 0 aromatic heterocycles. The maximum absolute atomic E-state index is 10.8. The predicted molar refractivity (Wildman–Crippen MR) is 69.1 cm³/mol. The van der Waals surface area contributed by atoms with Gasteiger partial charge in [0.15, 0.2) is 0 Å². The Bertz CT molecular complexity index is 354.